The van der Waals surface area contributed by atoms with E-state index in [0.717, 1.165) is 33.5 Å². The third-order valence-corrected chi connectivity index (χ3v) is 4.03. The second-order valence-corrected chi connectivity index (χ2v) is 5.52. The molecular weight excluding hydrogens is 286 g/mol. The zero-order valence-corrected chi connectivity index (χ0v) is 12.9. The molecule has 3 aromatic carbocycles. The van der Waals surface area contributed by atoms with Gasteiger partial charge in [-0.3, -0.25) is 0 Å². The Morgan fingerprint density at radius 2 is 1.61 bits per heavy atom. The minimum atomic E-state index is 0.572. The van der Waals surface area contributed by atoms with Gasteiger partial charge in [-0.2, -0.15) is 0 Å². The number of nitrogens with one attached hydrogen (secondary N) is 1. The van der Waals surface area contributed by atoms with Gasteiger partial charge in [0.15, 0.2) is 0 Å². The predicted octanol–water partition coefficient (Wildman–Crippen LogP) is 4.91. The Morgan fingerprint density at radius 1 is 0.783 bits per heavy atom. The van der Waals surface area contributed by atoms with Crippen molar-refractivity contribution in [1.29, 1.82) is 0 Å². The molecule has 1 aromatic heterocycles. The van der Waals surface area contributed by atoms with Gasteiger partial charge in [-0.25, -0.2) is 0 Å². The summed E-state index contributed by atoms with van der Waals surface area (Å²) in [6, 6.07) is 22.4. The molecule has 0 spiro atoms. The van der Waals surface area contributed by atoms with Crippen molar-refractivity contribution in [1.82, 2.24) is 4.98 Å². The van der Waals surface area contributed by atoms with Crippen molar-refractivity contribution < 1.29 is 9.47 Å². The zero-order valence-electron chi connectivity index (χ0n) is 12.9. The average Bonchev–Trinajstić information content (AvgIpc) is 2.97. The Hall–Kier alpha value is -2.94. The molecule has 114 valence electrons. The van der Waals surface area contributed by atoms with Crippen molar-refractivity contribution >= 4 is 21.8 Å². The first-order chi connectivity index (χ1) is 11.3. The van der Waals surface area contributed by atoms with E-state index >= 15 is 0 Å². The van der Waals surface area contributed by atoms with Crippen LogP contribution in [-0.2, 0) is 6.61 Å². The number of fused-ring (bicyclic) bond motifs is 3. The molecular formula is C20H17NO2. The number of rotatable bonds is 4. The van der Waals surface area contributed by atoms with E-state index in [-0.39, 0.29) is 0 Å². The maximum absolute atomic E-state index is 5.92. The number of hydrogen-bond donors (Lipinski definition) is 1. The summed E-state index contributed by atoms with van der Waals surface area (Å²) >= 11 is 0. The number of methoxy groups -OCH3 is 1. The second-order valence-electron chi connectivity index (χ2n) is 5.52. The van der Waals surface area contributed by atoms with Crippen molar-refractivity contribution in [2.75, 3.05) is 7.11 Å². The lowest BCUT2D eigenvalue weighted by molar-refractivity contribution is 0.306. The summed E-state index contributed by atoms with van der Waals surface area (Å²) in [7, 11) is 1.68. The Labute approximate surface area is 134 Å². The summed E-state index contributed by atoms with van der Waals surface area (Å²) in [6.07, 6.45) is 0. The molecule has 3 heteroatoms. The lowest BCUT2D eigenvalue weighted by Gasteiger charge is -2.06. The van der Waals surface area contributed by atoms with Crippen LogP contribution >= 0.6 is 0 Å². The van der Waals surface area contributed by atoms with Crippen LogP contribution in [0.25, 0.3) is 21.8 Å². The molecule has 23 heavy (non-hydrogen) atoms. The third-order valence-electron chi connectivity index (χ3n) is 4.03. The van der Waals surface area contributed by atoms with Crippen LogP contribution in [0.4, 0.5) is 0 Å². The van der Waals surface area contributed by atoms with Gasteiger partial charge in [-0.15, -0.1) is 0 Å². The SMILES string of the molecule is COc1ccc2c(c1)[nH]c1ccc(OCc3ccccc3)cc12. The van der Waals surface area contributed by atoms with Crippen LogP contribution in [0.5, 0.6) is 11.5 Å². The number of H-pyrrole nitrogens is 1. The fourth-order valence-corrected chi connectivity index (χ4v) is 2.82. The third kappa shape index (κ3) is 2.61. The van der Waals surface area contributed by atoms with Crippen LogP contribution < -0.4 is 9.47 Å². The van der Waals surface area contributed by atoms with Gasteiger partial charge in [0, 0.05) is 22.4 Å². The molecule has 4 aromatic rings. The van der Waals surface area contributed by atoms with E-state index < -0.39 is 0 Å². The molecule has 1 heterocycles. The van der Waals surface area contributed by atoms with Crippen molar-refractivity contribution in [2.45, 2.75) is 6.61 Å². The Kier molecular flexibility index (Phi) is 3.39. The summed E-state index contributed by atoms with van der Waals surface area (Å²) in [5.74, 6) is 1.72. The number of aromatic nitrogens is 1. The first-order valence-electron chi connectivity index (χ1n) is 7.60. The normalized spacial score (nSPS) is 11.0. The van der Waals surface area contributed by atoms with Crippen LogP contribution in [0.1, 0.15) is 5.56 Å². The number of ether oxygens (including phenoxy) is 2. The van der Waals surface area contributed by atoms with Gasteiger partial charge in [0.1, 0.15) is 18.1 Å². The molecule has 0 saturated carbocycles. The molecule has 0 fully saturated rings. The van der Waals surface area contributed by atoms with Crippen molar-refractivity contribution in [3.8, 4) is 11.5 Å². The van der Waals surface area contributed by atoms with Gasteiger partial charge in [-0.05, 0) is 35.9 Å². The first kappa shape index (κ1) is 13.7. The van der Waals surface area contributed by atoms with Crippen LogP contribution in [0.15, 0.2) is 66.7 Å². The number of benzene rings is 3. The molecule has 0 amide bonds. The second kappa shape index (κ2) is 5.69. The highest BCUT2D eigenvalue weighted by molar-refractivity contribution is 6.08. The molecule has 0 aliphatic carbocycles. The maximum Gasteiger partial charge on any atom is 0.120 e. The van der Waals surface area contributed by atoms with E-state index in [0.29, 0.717) is 6.61 Å². The molecule has 0 aliphatic heterocycles. The quantitative estimate of drug-likeness (QED) is 0.581. The first-order valence-corrected chi connectivity index (χ1v) is 7.60. The molecule has 0 bridgehead atoms. The summed E-state index contributed by atoms with van der Waals surface area (Å²) in [5, 5.41) is 2.33. The van der Waals surface area contributed by atoms with E-state index in [4.69, 9.17) is 9.47 Å². The molecule has 4 rings (SSSR count). The highest BCUT2D eigenvalue weighted by Gasteiger charge is 2.07. The van der Waals surface area contributed by atoms with Gasteiger partial charge in [-0.1, -0.05) is 30.3 Å². The van der Waals surface area contributed by atoms with E-state index in [1.54, 1.807) is 7.11 Å². The molecule has 0 saturated heterocycles. The number of hydrogen-bond acceptors (Lipinski definition) is 2. The topological polar surface area (TPSA) is 34.2 Å². The molecule has 0 aliphatic rings. The van der Waals surface area contributed by atoms with E-state index in [1.807, 2.05) is 36.4 Å². The minimum Gasteiger partial charge on any atom is -0.497 e. The van der Waals surface area contributed by atoms with Crippen molar-refractivity contribution in [3.63, 3.8) is 0 Å². The highest BCUT2D eigenvalue weighted by atomic mass is 16.5. The Bertz CT molecular complexity index is 957. The lowest BCUT2D eigenvalue weighted by atomic mass is 10.1. The summed E-state index contributed by atoms with van der Waals surface area (Å²) in [5.41, 5.74) is 3.33. The van der Waals surface area contributed by atoms with Gasteiger partial charge in [0.05, 0.1) is 12.6 Å². The lowest BCUT2D eigenvalue weighted by Crippen LogP contribution is -1.94. The summed E-state index contributed by atoms with van der Waals surface area (Å²) in [6.45, 7) is 0.572. The fraction of sp³-hybridized carbons (Fsp3) is 0.100. The fourth-order valence-electron chi connectivity index (χ4n) is 2.82. The van der Waals surface area contributed by atoms with Gasteiger partial charge >= 0.3 is 0 Å². The van der Waals surface area contributed by atoms with Gasteiger partial charge in [0.2, 0.25) is 0 Å². The standard InChI is InChI=1S/C20H17NO2/c1-22-15-7-9-17-18-11-16(8-10-19(18)21-20(17)12-15)23-13-14-5-3-2-4-6-14/h2-12,21H,13H2,1H3. The number of aromatic amines is 1. The molecule has 0 unspecified atom stereocenters. The smallest absolute Gasteiger partial charge is 0.120 e. The maximum atomic E-state index is 5.92. The minimum absolute atomic E-state index is 0.572. The van der Waals surface area contributed by atoms with E-state index in [1.165, 1.54) is 5.39 Å². The van der Waals surface area contributed by atoms with Crippen molar-refractivity contribution in [2.24, 2.45) is 0 Å². The monoisotopic (exact) mass is 303 g/mol. The highest BCUT2D eigenvalue weighted by Crippen LogP contribution is 2.31. The van der Waals surface area contributed by atoms with Crippen molar-refractivity contribution in [3.05, 3.63) is 72.3 Å². The summed E-state index contributed by atoms with van der Waals surface area (Å²) in [4.78, 5) is 3.42. The molecule has 0 radical (unpaired) electrons. The molecule has 3 nitrogen and oxygen atoms in total. The Balaban J connectivity index is 1.68. The predicted molar refractivity (Wildman–Crippen MR) is 93.1 cm³/mol. The molecule has 0 atom stereocenters. The molecule has 1 N–H and O–H groups in total. The van der Waals surface area contributed by atoms with Gasteiger partial charge in [0.25, 0.3) is 0 Å². The largest absolute Gasteiger partial charge is 0.497 e. The Morgan fingerprint density at radius 3 is 2.43 bits per heavy atom. The van der Waals surface area contributed by atoms with Crippen LogP contribution in [0.3, 0.4) is 0 Å². The van der Waals surface area contributed by atoms with Gasteiger partial charge < -0.3 is 14.5 Å². The average molecular weight is 303 g/mol. The van der Waals surface area contributed by atoms with E-state index in [2.05, 4.69) is 35.3 Å². The zero-order chi connectivity index (χ0) is 15.6. The van der Waals surface area contributed by atoms with Crippen LogP contribution in [-0.4, -0.2) is 12.1 Å². The summed E-state index contributed by atoms with van der Waals surface area (Å²) < 4.78 is 11.2. The van der Waals surface area contributed by atoms with Crippen LogP contribution in [0.2, 0.25) is 0 Å². The van der Waals surface area contributed by atoms with E-state index in [9.17, 15) is 0 Å². The van der Waals surface area contributed by atoms with Crippen LogP contribution in [0, 0.1) is 0 Å².